The Morgan fingerprint density at radius 2 is 1.80 bits per heavy atom. The quantitative estimate of drug-likeness (QED) is 0.425. The van der Waals surface area contributed by atoms with E-state index in [0.717, 1.165) is 6.61 Å². The first-order chi connectivity index (χ1) is 4.47. The van der Waals surface area contributed by atoms with Crippen LogP contribution in [-0.4, -0.2) is 36.2 Å². The van der Waals surface area contributed by atoms with Gasteiger partial charge in [0, 0.05) is 0 Å². The van der Waals surface area contributed by atoms with Crippen molar-refractivity contribution in [2.24, 2.45) is 0 Å². The van der Waals surface area contributed by atoms with Crippen molar-refractivity contribution in [3.05, 3.63) is 35.9 Å². The first-order valence-electron chi connectivity index (χ1n) is 3.13. The zero-order valence-electron chi connectivity index (χ0n) is 5.08. The SMILES string of the molecule is [NaH].c1ccc(C2CO2)cc1. The molecule has 0 N–H and O–H groups in total. The van der Waals surface area contributed by atoms with E-state index >= 15 is 0 Å². The summed E-state index contributed by atoms with van der Waals surface area (Å²) in [6.07, 6.45) is 0.409. The van der Waals surface area contributed by atoms with Gasteiger partial charge >= 0.3 is 29.6 Å². The molecule has 2 heteroatoms. The molecule has 1 aromatic rings. The van der Waals surface area contributed by atoms with Gasteiger partial charge in [0.05, 0.1) is 6.61 Å². The van der Waals surface area contributed by atoms with Crippen molar-refractivity contribution in [3.8, 4) is 0 Å². The van der Waals surface area contributed by atoms with Crippen LogP contribution in [0.15, 0.2) is 30.3 Å². The van der Waals surface area contributed by atoms with Gasteiger partial charge < -0.3 is 4.74 Å². The van der Waals surface area contributed by atoms with Crippen LogP contribution in [0.1, 0.15) is 11.7 Å². The van der Waals surface area contributed by atoms with Gasteiger partial charge in [0.15, 0.2) is 0 Å². The van der Waals surface area contributed by atoms with Gasteiger partial charge in [-0.25, -0.2) is 0 Å². The Bertz CT molecular complexity index is 194. The molecule has 0 saturated carbocycles. The summed E-state index contributed by atoms with van der Waals surface area (Å²) < 4.78 is 5.09. The van der Waals surface area contributed by atoms with Gasteiger partial charge in [-0.3, -0.25) is 0 Å². The van der Waals surface area contributed by atoms with Crippen LogP contribution in [-0.2, 0) is 4.74 Å². The van der Waals surface area contributed by atoms with Gasteiger partial charge in [-0.2, -0.15) is 0 Å². The van der Waals surface area contributed by atoms with Crippen molar-refractivity contribution in [2.75, 3.05) is 6.61 Å². The van der Waals surface area contributed by atoms with Crippen LogP contribution >= 0.6 is 0 Å². The van der Waals surface area contributed by atoms with Crippen LogP contribution in [0, 0.1) is 0 Å². The molecule has 0 spiro atoms. The fourth-order valence-electron chi connectivity index (χ4n) is 0.908. The van der Waals surface area contributed by atoms with E-state index in [9.17, 15) is 0 Å². The molecule has 2 rings (SSSR count). The molecule has 1 aliphatic heterocycles. The van der Waals surface area contributed by atoms with Crippen LogP contribution in [0.5, 0.6) is 0 Å². The summed E-state index contributed by atoms with van der Waals surface area (Å²) in [4.78, 5) is 0. The normalized spacial score (nSPS) is 21.4. The summed E-state index contributed by atoms with van der Waals surface area (Å²) in [5.74, 6) is 0. The Morgan fingerprint density at radius 1 is 1.20 bits per heavy atom. The van der Waals surface area contributed by atoms with E-state index in [4.69, 9.17) is 4.74 Å². The molecule has 1 saturated heterocycles. The van der Waals surface area contributed by atoms with Crippen LogP contribution in [0.4, 0.5) is 0 Å². The standard InChI is InChI=1S/C8H8O.Na.H/c1-2-4-7(5-3-1)8-6-9-8;;/h1-5,8H,6H2;;. The number of hydrogen-bond donors (Lipinski definition) is 0. The fourth-order valence-corrected chi connectivity index (χ4v) is 0.908. The zero-order chi connectivity index (χ0) is 6.10. The third-order valence-corrected chi connectivity index (χ3v) is 1.50. The molecule has 0 aromatic heterocycles. The Kier molecular flexibility index (Phi) is 2.93. The first-order valence-corrected chi connectivity index (χ1v) is 3.13. The minimum Gasteiger partial charge on any atom is -0.368 e. The Labute approximate surface area is 82.7 Å². The van der Waals surface area contributed by atoms with E-state index in [2.05, 4.69) is 12.1 Å². The second kappa shape index (κ2) is 3.54. The summed E-state index contributed by atoms with van der Waals surface area (Å²) in [5, 5.41) is 0. The van der Waals surface area contributed by atoms with E-state index in [1.54, 1.807) is 0 Å². The summed E-state index contributed by atoms with van der Waals surface area (Å²) in [7, 11) is 0. The molecule has 1 fully saturated rings. The Morgan fingerprint density at radius 3 is 2.30 bits per heavy atom. The van der Waals surface area contributed by atoms with Crippen LogP contribution in [0.25, 0.3) is 0 Å². The molecule has 10 heavy (non-hydrogen) atoms. The van der Waals surface area contributed by atoms with Crippen molar-refractivity contribution in [1.29, 1.82) is 0 Å². The molecule has 0 aliphatic carbocycles. The summed E-state index contributed by atoms with van der Waals surface area (Å²) >= 11 is 0. The summed E-state index contributed by atoms with van der Waals surface area (Å²) in [6.45, 7) is 0.907. The molecule has 1 aromatic carbocycles. The third-order valence-electron chi connectivity index (χ3n) is 1.50. The minimum absolute atomic E-state index is 0. The smallest absolute Gasteiger partial charge is 0.106 e. The maximum Gasteiger partial charge on any atom is 0.106 e. The van der Waals surface area contributed by atoms with Crippen LogP contribution in [0.2, 0.25) is 0 Å². The topological polar surface area (TPSA) is 12.5 Å². The fraction of sp³-hybridized carbons (Fsp3) is 0.250. The third kappa shape index (κ3) is 1.83. The average Bonchev–Trinajstić information content (AvgIpc) is 2.71. The summed E-state index contributed by atoms with van der Waals surface area (Å²) in [5.41, 5.74) is 1.30. The van der Waals surface area contributed by atoms with Crippen molar-refractivity contribution in [1.82, 2.24) is 0 Å². The molecule has 1 aliphatic rings. The molecule has 1 heterocycles. The van der Waals surface area contributed by atoms with Crippen molar-refractivity contribution in [2.45, 2.75) is 6.10 Å². The largest absolute Gasteiger partial charge is 0.368 e. The van der Waals surface area contributed by atoms with E-state index < -0.39 is 0 Å². The number of benzene rings is 1. The Hall–Kier alpha value is 0.180. The molecule has 0 amide bonds. The van der Waals surface area contributed by atoms with E-state index in [1.807, 2.05) is 18.2 Å². The molecule has 1 unspecified atom stereocenters. The van der Waals surface area contributed by atoms with E-state index in [-0.39, 0.29) is 29.6 Å². The number of epoxide rings is 1. The number of hydrogen-bond acceptors (Lipinski definition) is 1. The maximum absolute atomic E-state index is 5.09. The number of rotatable bonds is 1. The van der Waals surface area contributed by atoms with Crippen LogP contribution in [0.3, 0.4) is 0 Å². The second-order valence-corrected chi connectivity index (χ2v) is 2.23. The van der Waals surface area contributed by atoms with E-state index in [0.29, 0.717) is 6.10 Å². The maximum atomic E-state index is 5.09. The van der Waals surface area contributed by atoms with Gasteiger partial charge in [-0.1, -0.05) is 30.3 Å². The predicted molar refractivity (Wildman–Crippen MR) is 42.3 cm³/mol. The van der Waals surface area contributed by atoms with Crippen molar-refractivity contribution in [3.63, 3.8) is 0 Å². The minimum atomic E-state index is 0. The molecular formula is C8H9NaO. The van der Waals surface area contributed by atoms with Gasteiger partial charge in [0.25, 0.3) is 0 Å². The second-order valence-electron chi connectivity index (χ2n) is 2.23. The van der Waals surface area contributed by atoms with Gasteiger partial charge in [-0.15, -0.1) is 0 Å². The molecule has 0 radical (unpaired) electrons. The number of ether oxygens (including phenoxy) is 1. The molecule has 0 bridgehead atoms. The Balaban J connectivity index is 0.000000500. The molecule has 48 valence electrons. The van der Waals surface area contributed by atoms with E-state index in [1.165, 1.54) is 5.56 Å². The molecular weight excluding hydrogens is 135 g/mol. The molecule has 1 nitrogen and oxygen atoms in total. The van der Waals surface area contributed by atoms with Gasteiger partial charge in [0.1, 0.15) is 6.10 Å². The van der Waals surface area contributed by atoms with Gasteiger partial charge in [0.2, 0.25) is 0 Å². The zero-order valence-corrected chi connectivity index (χ0v) is 5.08. The average molecular weight is 144 g/mol. The monoisotopic (exact) mass is 144 g/mol. The van der Waals surface area contributed by atoms with Crippen molar-refractivity contribution < 1.29 is 4.74 Å². The predicted octanol–water partition coefficient (Wildman–Crippen LogP) is 1.11. The molecule has 1 atom stereocenters. The van der Waals surface area contributed by atoms with Gasteiger partial charge in [-0.05, 0) is 5.56 Å². The van der Waals surface area contributed by atoms with Crippen molar-refractivity contribution >= 4 is 29.6 Å². The first kappa shape index (κ1) is 8.28. The van der Waals surface area contributed by atoms with Crippen LogP contribution < -0.4 is 0 Å². The summed E-state index contributed by atoms with van der Waals surface area (Å²) in [6, 6.07) is 10.3.